The minimum absolute atomic E-state index is 0.0705. The summed E-state index contributed by atoms with van der Waals surface area (Å²) in [6.07, 6.45) is 88.2. The van der Waals surface area contributed by atoms with Crippen LogP contribution in [0.2, 0.25) is 0 Å². The molecule has 0 bridgehead atoms. The molecule has 0 saturated carbocycles. The molecule has 0 radical (unpaired) electrons. The minimum atomic E-state index is -0.781. The number of rotatable bonds is 56. The van der Waals surface area contributed by atoms with Crippen molar-refractivity contribution in [2.45, 2.75) is 302 Å². The number of ether oxygens (including phenoxy) is 2. The number of esters is 2. The SMILES string of the molecule is CC/C=C\C/C=C\C/C=C\C/C=C\C/C=C\CCCCCCCCCCCC(=O)OC(CO)COC(=O)CCCCCCCCCCCCCCCCCCCC/C=C\C/C=C\C/C=C\CCCCCCC. The van der Waals surface area contributed by atoms with Crippen molar-refractivity contribution < 1.29 is 24.2 Å². The van der Waals surface area contributed by atoms with Gasteiger partial charge < -0.3 is 14.6 Å². The number of aliphatic hydroxyl groups is 1. The lowest BCUT2D eigenvalue weighted by molar-refractivity contribution is -0.161. The van der Waals surface area contributed by atoms with Crippen LogP contribution in [0.4, 0.5) is 0 Å². The second-order valence-electron chi connectivity index (χ2n) is 20.4. The molecule has 0 spiro atoms. The van der Waals surface area contributed by atoms with Crippen molar-refractivity contribution in [3.63, 3.8) is 0 Å². The first-order valence-electron chi connectivity index (χ1n) is 30.8. The summed E-state index contributed by atoms with van der Waals surface area (Å²) in [5.41, 5.74) is 0. The largest absolute Gasteiger partial charge is 0.462 e. The lowest BCUT2D eigenvalue weighted by Crippen LogP contribution is -2.28. The minimum Gasteiger partial charge on any atom is -0.462 e. The summed E-state index contributed by atoms with van der Waals surface area (Å²) in [4.78, 5) is 24.6. The van der Waals surface area contributed by atoms with Crippen LogP contribution < -0.4 is 0 Å². The van der Waals surface area contributed by atoms with Crippen LogP contribution >= 0.6 is 0 Å². The Morgan fingerprint density at radius 2 is 0.597 bits per heavy atom. The molecule has 0 aliphatic rings. The summed E-state index contributed by atoms with van der Waals surface area (Å²) in [6.45, 7) is 4.03. The van der Waals surface area contributed by atoms with Gasteiger partial charge in [-0.15, -0.1) is 0 Å². The van der Waals surface area contributed by atoms with Crippen molar-refractivity contribution in [3.05, 3.63) is 97.2 Å². The van der Waals surface area contributed by atoms with Crippen LogP contribution in [-0.2, 0) is 19.1 Å². The van der Waals surface area contributed by atoms with Gasteiger partial charge in [0.05, 0.1) is 6.61 Å². The topological polar surface area (TPSA) is 72.8 Å². The molecule has 0 aromatic heterocycles. The zero-order valence-electron chi connectivity index (χ0n) is 47.4. The maximum Gasteiger partial charge on any atom is 0.306 e. The second kappa shape index (κ2) is 62.1. The van der Waals surface area contributed by atoms with Crippen LogP contribution in [0.3, 0.4) is 0 Å². The van der Waals surface area contributed by atoms with Crippen molar-refractivity contribution in [3.8, 4) is 0 Å². The second-order valence-corrected chi connectivity index (χ2v) is 20.4. The van der Waals surface area contributed by atoms with Crippen LogP contribution in [0.1, 0.15) is 296 Å². The smallest absolute Gasteiger partial charge is 0.306 e. The van der Waals surface area contributed by atoms with Crippen molar-refractivity contribution in [1.29, 1.82) is 0 Å². The highest BCUT2D eigenvalue weighted by molar-refractivity contribution is 5.70. The van der Waals surface area contributed by atoms with Gasteiger partial charge in [0.15, 0.2) is 6.10 Å². The molecular weight excluding hydrogens is 885 g/mol. The Bertz CT molecular complexity index is 1360. The van der Waals surface area contributed by atoms with E-state index in [1.807, 2.05) is 0 Å². The summed E-state index contributed by atoms with van der Waals surface area (Å²) in [6, 6.07) is 0. The van der Waals surface area contributed by atoms with E-state index in [4.69, 9.17) is 9.47 Å². The molecule has 0 amide bonds. The predicted octanol–water partition coefficient (Wildman–Crippen LogP) is 21.1. The van der Waals surface area contributed by atoms with Gasteiger partial charge in [-0.2, -0.15) is 0 Å². The Balaban J connectivity index is 3.48. The van der Waals surface area contributed by atoms with E-state index in [1.165, 1.54) is 186 Å². The standard InChI is InChI=1S/C67H116O5/c1-3-5-7-9-11-13-15-17-19-21-23-25-27-29-30-31-32-33-34-35-36-38-39-41-43-45-47-49-51-53-55-57-59-61-66(69)71-64-65(63-68)72-67(70)62-60-58-56-54-52-50-48-46-44-42-40-37-28-26-24-22-20-18-16-14-12-10-8-6-4-2/h6,8,12,14-15,17-18,20-21,23-24,26-27,29,37,40,65,68H,3-5,7,9-11,13,16,19,22,25,28,30-36,38-39,41-64H2,1-2H3/b8-6-,14-12-,17-15-,20-18-,23-21-,26-24-,29-27-,40-37-. The fraction of sp³-hybridized carbons (Fsp3) is 0.731. The van der Waals surface area contributed by atoms with E-state index in [1.54, 1.807) is 0 Å². The van der Waals surface area contributed by atoms with Crippen LogP contribution in [0.15, 0.2) is 97.2 Å². The van der Waals surface area contributed by atoms with Crippen LogP contribution in [0.25, 0.3) is 0 Å². The Morgan fingerprint density at radius 1 is 0.333 bits per heavy atom. The number of allylic oxidation sites excluding steroid dienone is 16. The van der Waals surface area contributed by atoms with Gasteiger partial charge in [0.2, 0.25) is 0 Å². The predicted molar refractivity (Wildman–Crippen MR) is 316 cm³/mol. The van der Waals surface area contributed by atoms with Gasteiger partial charge in [-0.05, 0) is 96.3 Å². The van der Waals surface area contributed by atoms with Gasteiger partial charge in [0.25, 0.3) is 0 Å². The van der Waals surface area contributed by atoms with Gasteiger partial charge in [0, 0.05) is 12.8 Å². The third-order valence-corrected chi connectivity index (χ3v) is 13.4. The number of aliphatic hydroxyl groups excluding tert-OH is 1. The van der Waals surface area contributed by atoms with Crippen molar-refractivity contribution in [2.24, 2.45) is 0 Å². The molecule has 0 heterocycles. The molecule has 0 saturated heterocycles. The number of carbonyl (C=O) groups is 2. The van der Waals surface area contributed by atoms with E-state index in [-0.39, 0.29) is 25.2 Å². The normalized spacial score (nSPS) is 12.9. The molecule has 0 aliphatic heterocycles. The molecule has 1 atom stereocenters. The third kappa shape index (κ3) is 59.4. The molecule has 0 rings (SSSR count). The molecule has 5 heteroatoms. The number of hydrogen-bond donors (Lipinski definition) is 1. The van der Waals surface area contributed by atoms with Crippen LogP contribution in [0, 0.1) is 0 Å². The number of unbranched alkanes of at least 4 members (excludes halogenated alkanes) is 32. The molecule has 72 heavy (non-hydrogen) atoms. The molecule has 0 aliphatic carbocycles. The monoisotopic (exact) mass is 1000 g/mol. The summed E-state index contributed by atoms with van der Waals surface area (Å²) >= 11 is 0. The fourth-order valence-electron chi connectivity index (χ4n) is 8.77. The van der Waals surface area contributed by atoms with Crippen molar-refractivity contribution in [2.75, 3.05) is 13.2 Å². The summed E-state index contributed by atoms with van der Waals surface area (Å²) in [7, 11) is 0. The van der Waals surface area contributed by atoms with Crippen molar-refractivity contribution in [1.82, 2.24) is 0 Å². The lowest BCUT2D eigenvalue weighted by atomic mass is 10.0. The highest BCUT2D eigenvalue weighted by Gasteiger charge is 2.16. The maximum absolute atomic E-state index is 12.3. The average molecular weight is 1000 g/mol. The number of carbonyl (C=O) groups excluding carboxylic acids is 2. The highest BCUT2D eigenvalue weighted by Crippen LogP contribution is 2.17. The van der Waals surface area contributed by atoms with E-state index in [2.05, 4.69) is 111 Å². The Labute approximate surface area is 447 Å². The molecule has 0 aromatic rings. The molecule has 1 N–H and O–H groups in total. The Kier molecular flexibility index (Phi) is 59.4. The quantitative estimate of drug-likeness (QED) is 0.0373. The molecule has 5 nitrogen and oxygen atoms in total. The summed E-state index contributed by atoms with van der Waals surface area (Å²) in [5.74, 6) is -0.592. The van der Waals surface area contributed by atoms with E-state index in [0.717, 1.165) is 83.5 Å². The van der Waals surface area contributed by atoms with Gasteiger partial charge in [-0.3, -0.25) is 9.59 Å². The molecule has 414 valence electrons. The molecule has 0 fully saturated rings. The molecule has 1 unspecified atom stereocenters. The number of hydrogen-bond acceptors (Lipinski definition) is 5. The lowest BCUT2D eigenvalue weighted by Gasteiger charge is -2.15. The average Bonchev–Trinajstić information content (AvgIpc) is 3.38. The van der Waals surface area contributed by atoms with Crippen molar-refractivity contribution >= 4 is 11.9 Å². The van der Waals surface area contributed by atoms with Gasteiger partial charge >= 0.3 is 11.9 Å². The first-order valence-corrected chi connectivity index (χ1v) is 30.8. The zero-order chi connectivity index (χ0) is 52.0. The Hall–Kier alpha value is -3.18. The third-order valence-electron chi connectivity index (χ3n) is 13.4. The maximum atomic E-state index is 12.3. The molecule has 0 aromatic carbocycles. The zero-order valence-corrected chi connectivity index (χ0v) is 47.4. The Morgan fingerprint density at radius 3 is 0.903 bits per heavy atom. The summed E-state index contributed by atoms with van der Waals surface area (Å²) in [5, 5.41) is 9.67. The highest BCUT2D eigenvalue weighted by atomic mass is 16.6. The fourth-order valence-corrected chi connectivity index (χ4v) is 8.77. The van der Waals surface area contributed by atoms with E-state index >= 15 is 0 Å². The first kappa shape index (κ1) is 68.8. The van der Waals surface area contributed by atoms with Gasteiger partial charge in [-0.25, -0.2) is 0 Å². The van der Waals surface area contributed by atoms with Crippen LogP contribution in [-0.4, -0.2) is 36.4 Å². The van der Waals surface area contributed by atoms with Gasteiger partial charge in [-0.1, -0.05) is 284 Å². The van der Waals surface area contributed by atoms with E-state index in [0.29, 0.717) is 12.8 Å². The van der Waals surface area contributed by atoms with E-state index in [9.17, 15) is 14.7 Å². The molecular formula is C67H116O5. The summed E-state index contributed by atoms with van der Waals surface area (Å²) < 4.78 is 10.7. The van der Waals surface area contributed by atoms with Crippen LogP contribution in [0.5, 0.6) is 0 Å². The first-order chi connectivity index (χ1) is 35.6. The van der Waals surface area contributed by atoms with E-state index < -0.39 is 6.10 Å². The van der Waals surface area contributed by atoms with Gasteiger partial charge in [0.1, 0.15) is 6.61 Å².